The fourth-order valence-electron chi connectivity index (χ4n) is 3.93. The van der Waals surface area contributed by atoms with Crippen molar-refractivity contribution < 1.29 is 4.74 Å². The average Bonchev–Trinajstić information content (AvgIpc) is 2.93. The summed E-state index contributed by atoms with van der Waals surface area (Å²) in [6.45, 7) is 3.93. The van der Waals surface area contributed by atoms with Crippen LogP contribution in [0, 0.1) is 0 Å². The smallest absolute Gasteiger partial charge is 0.129 e. The van der Waals surface area contributed by atoms with E-state index >= 15 is 0 Å². The summed E-state index contributed by atoms with van der Waals surface area (Å²) in [5.74, 6) is 0.812. The molecule has 0 unspecified atom stereocenters. The number of aromatic nitrogens is 1. The molecule has 5 heteroatoms. The van der Waals surface area contributed by atoms with Crippen molar-refractivity contribution in [3.8, 4) is 5.75 Å². The minimum atomic E-state index is 0. The maximum Gasteiger partial charge on any atom is 0.129 e. The fraction of sp³-hybridized carbons (Fsp3) is 0.364. The molecule has 0 radical (unpaired) electrons. The van der Waals surface area contributed by atoms with E-state index in [-0.39, 0.29) is 12.4 Å². The van der Waals surface area contributed by atoms with Gasteiger partial charge in [0.2, 0.25) is 0 Å². The predicted octanol–water partition coefficient (Wildman–Crippen LogP) is 5.82. The highest BCUT2D eigenvalue weighted by molar-refractivity contribution is 6.30. The van der Waals surface area contributed by atoms with Gasteiger partial charge in [-0.2, -0.15) is 0 Å². The number of hydrogen-bond acceptors (Lipinski definition) is 2. The van der Waals surface area contributed by atoms with Crippen LogP contribution in [0.5, 0.6) is 5.75 Å². The molecule has 0 saturated carbocycles. The van der Waals surface area contributed by atoms with Crippen LogP contribution in [-0.4, -0.2) is 22.6 Å². The van der Waals surface area contributed by atoms with Gasteiger partial charge in [-0.3, -0.25) is 4.90 Å². The summed E-state index contributed by atoms with van der Waals surface area (Å²) in [6, 6.07) is 16.3. The number of fused-ring (bicyclic) bond motifs is 1. The van der Waals surface area contributed by atoms with E-state index in [4.69, 9.17) is 16.3 Å². The summed E-state index contributed by atoms with van der Waals surface area (Å²) >= 11 is 6.09. The molecule has 27 heavy (non-hydrogen) atoms. The lowest BCUT2D eigenvalue weighted by atomic mass is 10.1. The van der Waals surface area contributed by atoms with Crippen molar-refractivity contribution >= 4 is 34.9 Å². The Morgan fingerprint density at radius 1 is 1.00 bits per heavy atom. The van der Waals surface area contributed by atoms with E-state index < -0.39 is 0 Å². The number of benzene rings is 2. The largest absolute Gasteiger partial charge is 0.487 e. The Labute approximate surface area is 172 Å². The van der Waals surface area contributed by atoms with Gasteiger partial charge < -0.3 is 9.30 Å². The van der Waals surface area contributed by atoms with Crippen LogP contribution in [0.2, 0.25) is 5.02 Å². The Kier molecular flexibility index (Phi) is 6.69. The van der Waals surface area contributed by atoms with E-state index in [2.05, 4.69) is 40.8 Å². The summed E-state index contributed by atoms with van der Waals surface area (Å²) in [5, 5.41) is 2.04. The van der Waals surface area contributed by atoms with Crippen molar-refractivity contribution in [2.45, 2.75) is 32.4 Å². The monoisotopic (exact) mass is 404 g/mol. The molecule has 3 nitrogen and oxygen atoms in total. The van der Waals surface area contributed by atoms with Gasteiger partial charge >= 0.3 is 0 Å². The third-order valence-electron chi connectivity index (χ3n) is 5.35. The second-order valence-electron chi connectivity index (χ2n) is 7.08. The lowest BCUT2D eigenvalue weighted by molar-refractivity contribution is 0.218. The molecule has 1 aliphatic rings. The summed E-state index contributed by atoms with van der Waals surface area (Å²) in [7, 11) is 2.14. The second kappa shape index (κ2) is 9.01. The maximum atomic E-state index is 6.09. The Bertz CT molecular complexity index is 900. The molecular formula is C22H26Cl2N2O. The number of para-hydroxylation sites is 1. The van der Waals surface area contributed by atoms with Crippen LogP contribution in [0.3, 0.4) is 0 Å². The van der Waals surface area contributed by atoms with Crippen LogP contribution in [0.1, 0.15) is 30.5 Å². The first-order chi connectivity index (χ1) is 12.7. The number of rotatable bonds is 5. The lowest BCUT2D eigenvalue weighted by Crippen LogP contribution is -2.29. The van der Waals surface area contributed by atoms with Gasteiger partial charge in [0.15, 0.2) is 0 Å². The SMILES string of the molecule is Cl.Cn1c(COc2cccc(Cl)c2)c(CN2CCCCC2)c2ccccc21. The van der Waals surface area contributed by atoms with Crippen LogP contribution < -0.4 is 4.74 Å². The molecule has 2 heterocycles. The van der Waals surface area contributed by atoms with Gasteiger partial charge in [0.05, 0.1) is 5.69 Å². The molecular weight excluding hydrogens is 379 g/mol. The summed E-state index contributed by atoms with van der Waals surface area (Å²) < 4.78 is 8.37. The molecule has 1 aromatic heterocycles. The molecule has 1 saturated heterocycles. The van der Waals surface area contributed by atoms with Gasteiger partial charge in [-0.1, -0.05) is 42.3 Å². The first-order valence-electron chi connectivity index (χ1n) is 9.38. The number of hydrogen-bond donors (Lipinski definition) is 0. The zero-order valence-electron chi connectivity index (χ0n) is 15.7. The molecule has 0 amide bonds. The standard InChI is InChI=1S/C22H25ClN2O.ClH/c1-24-21-11-4-3-10-19(21)20(15-25-12-5-2-6-13-25)22(24)16-26-18-9-7-8-17(23)14-18;/h3-4,7-11,14H,2,5-6,12-13,15-16H2,1H3;1H. The quantitative estimate of drug-likeness (QED) is 0.532. The molecule has 1 aliphatic heterocycles. The van der Waals surface area contributed by atoms with E-state index in [1.54, 1.807) is 0 Å². The molecule has 4 rings (SSSR count). The third-order valence-corrected chi connectivity index (χ3v) is 5.58. The van der Waals surface area contributed by atoms with Gasteiger partial charge in [-0.15, -0.1) is 12.4 Å². The molecule has 0 bridgehead atoms. The van der Waals surface area contributed by atoms with Gasteiger partial charge in [-0.25, -0.2) is 0 Å². The van der Waals surface area contributed by atoms with Crippen LogP contribution in [-0.2, 0) is 20.2 Å². The predicted molar refractivity (Wildman–Crippen MR) is 115 cm³/mol. The third kappa shape index (κ3) is 4.43. The Morgan fingerprint density at radius 3 is 2.56 bits per heavy atom. The number of halogens is 2. The topological polar surface area (TPSA) is 17.4 Å². The Morgan fingerprint density at radius 2 is 1.78 bits per heavy atom. The molecule has 3 aromatic rings. The molecule has 1 fully saturated rings. The van der Waals surface area contributed by atoms with Crippen molar-refractivity contribution in [1.82, 2.24) is 9.47 Å². The average molecular weight is 405 g/mol. The van der Waals surface area contributed by atoms with Crippen molar-refractivity contribution in [3.63, 3.8) is 0 Å². The first kappa shape index (κ1) is 20.1. The second-order valence-corrected chi connectivity index (χ2v) is 7.52. The maximum absolute atomic E-state index is 6.09. The van der Waals surface area contributed by atoms with Crippen LogP contribution in [0.15, 0.2) is 48.5 Å². The van der Waals surface area contributed by atoms with E-state index in [1.165, 1.54) is 54.5 Å². The van der Waals surface area contributed by atoms with Gasteiger partial charge in [0.1, 0.15) is 12.4 Å². The highest BCUT2D eigenvalue weighted by atomic mass is 35.5. The zero-order chi connectivity index (χ0) is 17.9. The zero-order valence-corrected chi connectivity index (χ0v) is 17.2. The summed E-state index contributed by atoms with van der Waals surface area (Å²) in [4.78, 5) is 2.58. The van der Waals surface area contributed by atoms with E-state index in [0.717, 1.165) is 12.3 Å². The molecule has 2 aromatic carbocycles. The Hall–Kier alpha value is -1.68. The van der Waals surface area contributed by atoms with Crippen LogP contribution in [0.4, 0.5) is 0 Å². The highest BCUT2D eigenvalue weighted by Crippen LogP contribution is 2.29. The first-order valence-corrected chi connectivity index (χ1v) is 9.76. The van der Waals surface area contributed by atoms with Crippen molar-refractivity contribution in [2.24, 2.45) is 7.05 Å². The normalized spacial score (nSPS) is 14.9. The number of likely N-dealkylation sites (tertiary alicyclic amines) is 1. The minimum Gasteiger partial charge on any atom is -0.487 e. The number of ether oxygens (including phenoxy) is 1. The van der Waals surface area contributed by atoms with Crippen molar-refractivity contribution in [3.05, 3.63) is 64.8 Å². The lowest BCUT2D eigenvalue weighted by Gasteiger charge is -2.26. The fourth-order valence-corrected chi connectivity index (χ4v) is 4.11. The highest BCUT2D eigenvalue weighted by Gasteiger charge is 2.19. The number of nitrogens with zero attached hydrogens (tertiary/aromatic N) is 2. The van der Waals surface area contributed by atoms with Crippen LogP contribution in [0.25, 0.3) is 10.9 Å². The summed E-state index contributed by atoms with van der Waals surface area (Å²) in [5.41, 5.74) is 3.91. The van der Waals surface area contributed by atoms with Gasteiger partial charge in [0.25, 0.3) is 0 Å². The molecule has 0 spiro atoms. The van der Waals surface area contributed by atoms with E-state index in [1.807, 2.05) is 24.3 Å². The minimum absolute atomic E-state index is 0. The number of aryl methyl sites for hydroxylation is 1. The molecule has 0 atom stereocenters. The van der Waals surface area contributed by atoms with Crippen LogP contribution >= 0.6 is 24.0 Å². The van der Waals surface area contributed by atoms with Crippen molar-refractivity contribution in [1.29, 1.82) is 0 Å². The van der Waals surface area contributed by atoms with Gasteiger partial charge in [-0.05, 0) is 55.8 Å². The van der Waals surface area contributed by atoms with E-state index in [0.29, 0.717) is 11.6 Å². The molecule has 0 N–H and O–H groups in total. The molecule has 0 aliphatic carbocycles. The van der Waals surface area contributed by atoms with Crippen molar-refractivity contribution in [2.75, 3.05) is 13.1 Å². The summed E-state index contributed by atoms with van der Waals surface area (Å²) in [6.07, 6.45) is 3.97. The molecule has 144 valence electrons. The van der Waals surface area contributed by atoms with E-state index in [9.17, 15) is 0 Å². The Balaban J connectivity index is 0.00000210. The number of piperidine rings is 1. The van der Waals surface area contributed by atoms with Gasteiger partial charge in [0, 0.05) is 29.5 Å².